The van der Waals surface area contributed by atoms with Crippen molar-refractivity contribution >= 4 is 17.5 Å². The van der Waals surface area contributed by atoms with Crippen molar-refractivity contribution < 1.29 is 4.79 Å². The number of hydrogen-bond donors (Lipinski definition) is 2. The Morgan fingerprint density at radius 1 is 1.30 bits per heavy atom. The molecule has 1 aromatic rings. The van der Waals surface area contributed by atoms with E-state index in [4.69, 9.17) is 17.3 Å². The van der Waals surface area contributed by atoms with Crippen LogP contribution in [0.5, 0.6) is 0 Å². The predicted molar refractivity (Wildman–Crippen MR) is 82.9 cm³/mol. The van der Waals surface area contributed by atoms with Crippen LogP contribution >= 0.6 is 11.6 Å². The molecule has 0 aliphatic heterocycles. The summed E-state index contributed by atoms with van der Waals surface area (Å²) in [7, 11) is 0. The molecule has 1 saturated carbocycles. The summed E-state index contributed by atoms with van der Waals surface area (Å²) < 4.78 is 0. The third-order valence-corrected chi connectivity index (χ3v) is 4.25. The van der Waals surface area contributed by atoms with E-state index in [2.05, 4.69) is 5.32 Å². The highest BCUT2D eigenvalue weighted by Crippen LogP contribution is 2.41. The summed E-state index contributed by atoms with van der Waals surface area (Å²) in [5.74, 6) is 0.0934. The van der Waals surface area contributed by atoms with Gasteiger partial charge in [-0.1, -0.05) is 36.6 Å². The van der Waals surface area contributed by atoms with Gasteiger partial charge in [0.25, 0.3) is 0 Å². The third-order valence-electron chi connectivity index (χ3n) is 3.99. The number of rotatable bonds is 4. The minimum atomic E-state index is -0.407. The van der Waals surface area contributed by atoms with Crippen molar-refractivity contribution in [3.63, 3.8) is 0 Å². The lowest BCUT2D eigenvalue weighted by molar-refractivity contribution is -0.126. The standard InChI is InChI=1S/C16H23ClN2O/c1-15(2,18)11-19-14(20)16(9-3-4-10-16)12-5-7-13(17)8-6-12/h5-8H,3-4,9-11,18H2,1-2H3,(H,19,20). The van der Waals surface area contributed by atoms with Crippen LogP contribution in [-0.4, -0.2) is 18.0 Å². The first kappa shape index (κ1) is 15.3. The van der Waals surface area contributed by atoms with Gasteiger partial charge >= 0.3 is 0 Å². The quantitative estimate of drug-likeness (QED) is 0.897. The Labute approximate surface area is 125 Å². The zero-order valence-electron chi connectivity index (χ0n) is 12.2. The number of carbonyl (C=O) groups is 1. The van der Waals surface area contributed by atoms with Crippen molar-refractivity contribution in [1.82, 2.24) is 5.32 Å². The summed E-state index contributed by atoms with van der Waals surface area (Å²) in [6.45, 7) is 4.31. The number of hydrogen-bond acceptors (Lipinski definition) is 2. The van der Waals surface area contributed by atoms with Crippen LogP contribution < -0.4 is 11.1 Å². The monoisotopic (exact) mass is 294 g/mol. The van der Waals surface area contributed by atoms with Gasteiger partial charge in [0.15, 0.2) is 0 Å². The van der Waals surface area contributed by atoms with Crippen molar-refractivity contribution in [2.45, 2.75) is 50.5 Å². The molecule has 0 saturated heterocycles. The summed E-state index contributed by atoms with van der Waals surface area (Å²) in [4.78, 5) is 12.7. The van der Waals surface area contributed by atoms with Crippen LogP contribution in [0.3, 0.4) is 0 Å². The van der Waals surface area contributed by atoms with E-state index in [0.717, 1.165) is 31.2 Å². The highest BCUT2D eigenvalue weighted by Gasteiger charge is 2.42. The first-order chi connectivity index (χ1) is 9.33. The molecule has 0 aromatic heterocycles. The molecule has 2 rings (SSSR count). The molecular formula is C16H23ClN2O. The molecule has 0 atom stereocenters. The molecule has 0 spiro atoms. The normalized spacial score (nSPS) is 18.0. The molecule has 0 unspecified atom stereocenters. The molecule has 110 valence electrons. The maximum Gasteiger partial charge on any atom is 0.230 e. The first-order valence-electron chi connectivity index (χ1n) is 7.17. The Kier molecular flexibility index (Phi) is 4.40. The Bertz CT molecular complexity index is 470. The predicted octanol–water partition coefficient (Wildman–Crippen LogP) is 3.01. The van der Waals surface area contributed by atoms with Gasteiger partial charge in [0, 0.05) is 17.1 Å². The lowest BCUT2D eigenvalue weighted by Gasteiger charge is -2.30. The highest BCUT2D eigenvalue weighted by atomic mass is 35.5. The van der Waals surface area contributed by atoms with Gasteiger partial charge < -0.3 is 11.1 Å². The van der Waals surface area contributed by atoms with Crippen molar-refractivity contribution in [3.8, 4) is 0 Å². The van der Waals surface area contributed by atoms with E-state index >= 15 is 0 Å². The molecule has 0 radical (unpaired) electrons. The second-order valence-electron chi connectivity index (χ2n) is 6.47. The molecule has 0 bridgehead atoms. The maximum atomic E-state index is 12.7. The minimum absolute atomic E-state index is 0.0934. The van der Waals surface area contributed by atoms with E-state index in [0.29, 0.717) is 11.6 Å². The Balaban J connectivity index is 2.21. The van der Waals surface area contributed by atoms with Gasteiger partial charge in [-0.3, -0.25) is 4.79 Å². The summed E-state index contributed by atoms with van der Waals surface area (Å²) in [5, 5.41) is 3.72. The van der Waals surface area contributed by atoms with Crippen LogP contribution in [0.1, 0.15) is 45.1 Å². The third kappa shape index (κ3) is 3.33. The van der Waals surface area contributed by atoms with Gasteiger partial charge in [0.2, 0.25) is 5.91 Å². The summed E-state index contributed by atoms with van der Waals surface area (Å²) in [6.07, 6.45) is 3.96. The maximum absolute atomic E-state index is 12.7. The molecule has 4 heteroatoms. The lowest BCUT2D eigenvalue weighted by Crippen LogP contribution is -2.50. The van der Waals surface area contributed by atoms with Crippen LogP contribution in [-0.2, 0) is 10.2 Å². The first-order valence-corrected chi connectivity index (χ1v) is 7.55. The Hall–Kier alpha value is -1.06. The smallest absolute Gasteiger partial charge is 0.230 e. The van der Waals surface area contributed by atoms with Crippen LogP contribution in [0.4, 0.5) is 0 Å². The molecule has 1 aliphatic rings. The van der Waals surface area contributed by atoms with Crippen molar-refractivity contribution in [3.05, 3.63) is 34.9 Å². The van der Waals surface area contributed by atoms with E-state index in [1.54, 1.807) is 0 Å². The molecule has 3 nitrogen and oxygen atoms in total. The van der Waals surface area contributed by atoms with E-state index in [1.807, 2.05) is 38.1 Å². The SMILES string of the molecule is CC(C)(N)CNC(=O)C1(c2ccc(Cl)cc2)CCCC1. The van der Waals surface area contributed by atoms with Gasteiger partial charge in [0.1, 0.15) is 0 Å². The molecule has 0 heterocycles. The Morgan fingerprint density at radius 3 is 2.35 bits per heavy atom. The number of benzene rings is 1. The highest BCUT2D eigenvalue weighted by molar-refractivity contribution is 6.30. The fraction of sp³-hybridized carbons (Fsp3) is 0.562. The van der Waals surface area contributed by atoms with E-state index in [1.165, 1.54) is 0 Å². The van der Waals surface area contributed by atoms with Crippen molar-refractivity contribution in [2.75, 3.05) is 6.54 Å². The molecule has 20 heavy (non-hydrogen) atoms. The number of amides is 1. The zero-order valence-corrected chi connectivity index (χ0v) is 13.0. The second-order valence-corrected chi connectivity index (χ2v) is 6.90. The summed E-state index contributed by atoms with van der Waals surface area (Å²) >= 11 is 5.95. The van der Waals surface area contributed by atoms with Crippen LogP contribution in [0.2, 0.25) is 5.02 Å². The zero-order chi connectivity index (χ0) is 14.8. The minimum Gasteiger partial charge on any atom is -0.354 e. The van der Waals surface area contributed by atoms with Gasteiger partial charge in [-0.25, -0.2) is 0 Å². The number of carbonyl (C=O) groups excluding carboxylic acids is 1. The molecule has 1 amide bonds. The van der Waals surface area contributed by atoms with Gasteiger partial charge in [-0.2, -0.15) is 0 Å². The van der Waals surface area contributed by atoms with Crippen molar-refractivity contribution in [2.24, 2.45) is 5.73 Å². The van der Waals surface area contributed by atoms with E-state index in [9.17, 15) is 4.79 Å². The molecule has 1 aliphatic carbocycles. The van der Waals surface area contributed by atoms with Gasteiger partial charge in [-0.15, -0.1) is 0 Å². The topological polar surface area (TPSA) is 55.1 Å². The molecular weight excluding hydrogens is 272 g/mol. The largest absolute Gasteiger partial charge is 0.354 e. The summed E-state index contributed by atoms with van der Waals surface area (Å²) in [6, 6.07) is 7.66. The molecule has 1 fully saturated rings. The summed E-state index contributed by atoms with van der Waals surface area (Å²) in [5.41, 5.74) is 6.21. The number of nitrogens with one attached hydrogen (secondary N) is 1. The average molecular weight is 295 g/mol. The Morgan fingerprint density at radius 2 is 1.85 bits per heavy atom. The van der Waals surface area contributed by atoms with Crippen LogP contribution in [0, 0.1) is 0 Å². The second kappa shape index (κ2) is 5.74. The lowest BCUT2D eigenvalue weighted by atomic mass is 9.78. The van der Waals surface area contributed by atoms with Crippen LogP contribution in [0.15, 0.2) is 24.3 Å². The number of nitrogens with two attached hydrogens (primary N) is 1. The fourth-order valence-electron chi connectivity index (χ4n) is 2.87. The fourth-order valence-corrected chi connectivity index (χ4v) is 3.00. The van der Waals surface area contributed by atoms with Gasteiger partial charge in [-0.05, 0) is 44.4 Å². The average Bonchev–Trinajstić information content (AvgIpc) is 2.86. The number of halogens is 1. The molecule has 3 N–H and O–H groups in total. The van der Waals surface area contributed by atoms with E-state index in [-0.39, 0.29) is 5.91 Å². The van der Waals surface area contributed by atoms with Crippen molar-refractivity contribution in [1.29, 1.82) is 0 Å². The molecule has 1 aromatic carbocycles. The van der Waals surface area contributed by atoms with E-state index < -0.39 is 11.0 Å². The van der Waals surface area contributed by atoms with Crippen LogP contribution in [0.25, 0.3) is 0 Å². The van der Waals surface area contributed by atoms with Gasteiger partial charge in [0.05, 0.1) is 5.41 Å².